The molecule has 0 saturated carbocycles. The average molecular weight is 477 g/mol. The molecule has 1 N–H and O–H groups in total. The Morgan fingerprint density at radius 3 is 2.67 bits per heavy atom. The van der Waals surface area contributed by atoms with Gasteiger partial charge in [0.2, 0.25) is 0 Å². The molecule has 7 heteroatoms. The van der Waals surface area contributed by atoms with Gasteiger partial charge in [-0.05, 0) is 37.0 Å². The molecule has 30 heavy (non-hydrogen) atoms. The third-order valence-electron chi connectivity index (χ3n) is 6.04. The van der Waals surface area contributed by atoms with E-state index in [1.807, 2.05) is 6.92 Å². The van der Waals surface area contributed by atoms with Gasteiger partial charge in [-0.25, -0.2) is 4.39 Å². The zero-order valence-electron chi connectivity index (χ0n) is 17.5. The number of rotatable bonds is 2. The number of dihydropyridines is 1. The molecule has 0 radical (unpaired) electrons. The predicted molar refractivity (Wildman–Crippen MR) is 115 cm³/mol. The van der Waals surface area contributed by atoms with Crippen LogP contribution in [-0.4, -0.2) is 42.9 Å². The van der Waals surface area contributed by atoms with Gasteiger partial charge in [0.15, 0.2) is 5.78 Å². The molecule has 0 unspecified atom stereocenters. The number of morpholine rings is 1. The van der Waals surface area contributed by atoms with Crippen molar-refractivity contribution in [2.24, 2.45) is 5.41 Å². The van der Waals surface area contributed by atoms with Gasteiger partial charge < -0.3 is 15.0 Å². The van der Waals surface area contributed by atoms with E-state index in [4.69, 9.17) is 4.74 Å². The molecule has 2 heterocycles. The van der Waals surface area contributed by atoms with E-state index < -0.39 is 11.7 Å². The van der Waals surface area contributed by atoms with Crippen molar-refractivity contribution in [1.29, 1.82) is 0 Å². The summed E-state index contributed by atoms with van der Waals surface area (Å²) < 4.78 is 21.1. The van der Waals surface area contributed by atoms with E-state index in [9.17, 15) is 9.59 Å². The maximum Gasteiger partial charge on any atom is 0.252 e. The number of halogens is 2. The molecular formula is C23H26BrFN2O3. The number of Topliss-reactive ketones (excluding diaryl/α,β-unsaturated/α-hetero) is 1. The van der Waals surface area contributed by atoms with Crippen LogP contribution in [0.25, 0.3) is 0 Å². The summed E-state index contributed by atoms with van der Waals surface area (Å²) in [7, 11) is 0. The molecule has 1 saturated heterocycles. The maximum absolute atomic E-state index is 15.1. The topological polar surface area (TPSA) is 58.6 Å². The monoisotopic (exact) mass is 476 g/mol. The molecule has 1 amide bonds. The van der Waals surface area contributed by atoms with Crippen molar-refractivity contribution in [3.8, 4) is 0 Å². The van der Waals surface area contributed by atoms with E-state index in [1.165, 1.54) is 6.07 Å². The van der Waals surface area contributed by atoms with Crippen LogP contribution in [0.15, 0.2) is 45.2 Å². The molecular weight excluding hydrogens is 451 g/mol. The first-order chi connectivity index (χ1) is 14.2. The Kier molecular flexibility index (Phi) is 5.62. The number of ketones is 1. The highest BCUT2D eigenvalue weighted by molar-refractivity contribution is 9.10. The highest BCUT2D eigenvalue weighted by atomic mass is 79.9. The van der Waals surface area contributed by atoms with E-state index in [1.54, 1.807) is 17.0 Å². The van der Waals surface area contributed by atoms with Gasteiger partial charge in [-0.15, -0.1) is 0 Å². The Morgan fingerprint density at radius 1 is 1.27 bits per heavy atom. The van der Waals surface area contributed by atoms with E-state index in [0.29, 0.717) is 66.0 Å². The largest absolute Gasteiger partial charge is 0.378 e. The number of hydrogen-bond acceptors (Lipinski definition) is 4. The highest BCUT2D eigenvalue weighted by Gasteiger charge is 2.44. The van der Waals surface area contributed by atoms with Crippen molar-refractivity contribution in [2.45, 2.75) is 39.5 Å². The number of nitrogens with one attached hydrogen (secondary N) is 1. The molecule has 0 bridgehead atoms. The van der Waals surface area contributed by atoms with Gasteiger partial charge in [-0.1, -0.05) is 29.8 Å². The number of hydrogen-bond donors (Lipinski definition) is 1. The first-order valence-corrected chi connectivity index (χ1v) is 11.0. The molecule has 3 aliphatic rings. The van der Waals surface area contributed by atoms with E-state index in [-0.39, 0.29) is 17.1 Å². The normalized spacial score (nSPS) is 24.0. The fourth-order valence-corrected chi connectivity index (χ4v) is 5.08. The molecule has 1 atom stereocenters. The van der Waals surface area contributed by atoms with Gasteiger partial charge in [0.1, 0.15) is 5.82 Å². The lowest BCUT2D eigenvalue weighted by Gasteiger charge is -2.41. The lowest BCUT2D eigenvalue weighted by molar-refractivity contribution is -0.131. The number of carbonyl (C=O) groups excluding carboxylic acids is 2. The summed E-state index contributed by atoms with van der Waals surface area (Å²) in [5.74, 6) is -1.35. The van der Waals surface area contributed by atoms with Crippen LogP contribution in [0.1, 0.15) is 45.1 Å². The van der Waals surface area contributed by atoms with Crippen LogP contribution < -0.4 is 5.32 Å². The summed E-state index contributed by atoms with van der Waals surface area (Å²) in [5, 5.41) is 3.33. The molecule has 1 fully saturated rings. The Balaban J connectivity index is 1.87. The molecule has 5 nitrogen and oxygen atoms in total. The number of benzene rings is 1. The van der Waals surface area contributed by atoms with Gasteiger partial charge in [0.25, 0.3) is 5.91 Å². The molecule has 1 aromatic rings. The minimum Gasteiger partial charge on any atom is -0.378 e. The zero-order valence-corrected chi connectivity index (χ0v) is 19.1. The number of ether oxygens (including phenoxy) is 1. The Hall–Kier alpha value is -1.99. The molecule has 0 spiro atoms. The number of allylic oxidation sites excluding steroid dienone is 3. The molecule has 1 aliphatic carbocycles. The van der Waals surface area contributed by atoms with Crippen LogP contribution in [0.3, 0.4) is 0 Å². The molecule has 0 aromatic heterocycles. The van der Waals surface area contributed by atoms with Crippen molar-refractivity contribution in [3.05, 3.63) is 56.6 Å². The van der Waals surface area contributed by atoms with Crippen LogP contribution in [0, 0.1) is 11.2 Å². The summed E-state index contributed by atoms with van der Waals surface area (Å²) in [6.45, 7) is 7.86. The second-order valence-corrected chi connectivity index (χ2v) is 9.92. The molecule has 160 valence electrons. The third-order valence-corrected chi connectivity index (χ3v) is 6.53. The van der Waals surface area contributed by atoms with Gasteiger partial charge in [0.05, 0.1) is 13.2 Å². The minimum atomic E-state index is -0.724. The van der Waals surface area contributed by atoms with Gasteiger partial charge in [-0.2, -0.15) is 0 Å². The third kappa shape index (κ3) is 3.85. The van der Waals surface area contributed by atoms with Crippen LogP contribution in [-0.2, 0) is 14.3 Å². The van der Waals surface area contributed by atoms with Crippen molar-refractivity contribution >= 4 is 27.6 Å². The summed E-state index contributed by atoms with van der Waals surface area (Å²) >= 11 is 3.42. The van der Waals surface area contributed by atoms with Crippen LogP contribution in [0.2, 0.25) is 0 Å². The quantitative estimate of drug-likeness (QED) is 0.699. The molecule has 4 rings (SSSR count). The predicted octanol–water partition coefficient (Wildman–Crippen LogP) is 4.05. The zero-order chi connectivity index (χ0) is 21.6. The summed E-state index contributed by atoms with van der Waals surface area (Å²) in [4.78, 5) is 28.6. The van der Waals surface area contributed by atoms with E-state index in [0.717, 1.165) is 5.70 Å². The first-order valence-electron chi connectivity index (χ1n) is 10.2. The van der Waals surface area contributed by atoms with E-state index in [2.05, 4.69) is 35.1 Å². The Morgan fingerprint density at radius 2 is 1.97 bits per heavy atom. The van der Waals surface area contributed by atoms with Gasteiger partial charge >= 0.3 is 0 Å². The highest BCUT2D eigenvalue weighted by Crippen LogP contribution is 2.47. The van der Waals surface area contributed by atoms with Crippen molar-refractivity contribution in [3.63, 3.8) is 0 Å². The fraction of sp³-hybridized carbons (Fsp3) is 0.478. The Bertz CT molecular complexity index is 977. The minimum absolute atomic E-state index is 0.0297. The van der Waals surface area contributed by atoms with Crippen molar-refractivity contribution in [2.75, 3.05) is 26.3 Å². The molecule has 2 aliphatic heterocycles. The second-order valence-electron chi connectivity index (χ2n) is 9.00. The van der Waals surface area contributed by atoms with Crippen LogP contribution in [0.5, 0.6) is 0 Å². The average Bonchev–Trinajstić information content (AvgIpc) is 2.68. The smallest absolute Gasteiger partial charge is 0.252 e. The lowest BCUT2D eigenvalue weighted by atomic mass is 9.68. The van der Waals surface area contributed by atoms with Crippen molar-refractivity contribution in [1.82, 2.24) is 10.2 Å². The second kappa shape index (κ2) is 7.93. The SMILES string of the molecule is CC1=C(C(=O)N2CCOCC2)[C@@H](c2cc(Br)ccc2F)C2=C(CC(C)(C)CC2=O)N1. The van der Waals surface area contributed by atoms with Crippen molar-refractivity contribution < 1.29 is 18.7 Å². The molecule has 1 aromatic carbocycles. The fourth-order valence-electron chi connectivity index (χ4n) is 4.70. The number of amides is 1. The van der Waals surface area contributed by atoms with Crippen LogP contribution >= 0.6 is 15.9 Å². The standard InChI is InChI=1S/C23H26BrFN2O3/c1-13-19(22(29)27-6-8-30-9-7-27)20(15-10-14(24)4-5-16(15)25)21-17(26-13)11-23(2,3)12-18(21)28/h4-5,10,20,26H,6-9,11-12H2,1-3H3/t20-/m1/s1. The summed E-state index contributed by atoms with van der Waals surface area (Å²) in [6.07, 6.45) is 1.05. The Labute approximate surface area is 184 Å². The van der Waals surface area contributed by atoms with Gasteiger partial charge in [-0.3, -0.25) is 9.59 Å². The summed E-state index contributed by atoms with van der Waals surface area (Å²) in [6, 6.07) is 4.69. The van der Waals surface area contributed by atoms with Crippen LogP contribution in [0.4, 0.5) is 4.39 Å². The number of nitrogens with zero attached hydrogens (tertiary/aromatic N) is 1. The summed E-state index contributed by atoms with van der Waals surface area (Å²) in [5.41, 5.74) is 2.61. The van der Waals surface area contributed by atoms with Gasteiger partial charge in [0, 0.05) is 58.0 Å². The maximum atomic E-state index is 15.1. The lowest BCUT2D eigenvalue weighted by Crippen LogP contribution is -2.45. The number of carbonyl (C=O) groups is 2. The first kappa shape index (κ1) is 21.2. The van der Waals surface area contributed by atoms with E-state index >= 15 is 4.39 Å².